The summed E-state index contributed by atoms with van der Waals surface area (Å²) in [6, 6.07) is 11.3. The number of urea groups is 1. The van der Waals surface area contributed by atoms with Gasteiger partial charge in [0, 0.05) is 11.8 Å². The molecule has 10 heteroatoms. The molecule has 1 aliphatic heterocycles. The molecule has 4 rings (SSSR count). The molecule has 2 heterocycles. The highest BCUT2D eigenvalue weighted by atomic mass is 35.5. The number of hydrazine groups is 1. The molecule has 0 fully saturated rings. The van der Waals surface area contributed by atoms with E-state index in [1.807, 2.05) is 6.07 Å². The summed E-state index contributed by atoms with van der Waals surface area (Å²) in [6.07, 6.45) is -1.68. The molecule has 0 spiro atoms. The number of amides is 2. The normalized spacial score (nSPS) is 14.0. The Labute approximate surface area is 168 Å². The van der Waals surface area contributed by atoms with Crippen LogP contribution in [0.3, 0.4) is 0 Å². The second-order valence-electron chi connectivity index (χ2n) is 6.22. The fourth-order valence-corrected chi connectivity index (χ4v) is 3.23. The molecule has 0 unspecified atom stereocenters. The van der Waals surface area contributed by atoms with Crippen LogP contribution in [0.15, 0.2) is 61.1 Å². The molecule has 0 radical (unpaired) electrons. The Morgan fingerprint density at radius 1 is 1.10 bits per heavy atom. The largest absolute Gasteiger partial charge is 0.416 e. The number of aromatic nitrogens is 2. The van der Waals surface area contributed by atoms with Gasteiger partial charge in [-0.15, -0.1) is 0 Å². The number of nitrogens with one attached hydrogen (secondary N) is 1. The molecule has 1 N–H and O–H groups in total. The Morgan fingerprint density at radius 2 is 1.86 bits per heavy atom. The highest BCUT2D eigenvalue weighted by Crippen LogP contribution is 2.38. The summed E-state index contributed by atoms with van der Waals surface area (Å²) in [5.74, 6) is 0.355. The summed E-state index contributed by atoms with van der Waals surface area (Å²) in [4.78, 5) is 22.6. The van der Waals surface area contributed by atoms with Crippen molar-refractivity contribution in [2.24, 2.45) is 0 Å². The number of benzene rings is 2. The second-order valence-corrected chi connectivity index (χ2v) is 6.62. The third kappa shape index (κ3) is 3.68. The first-order chi connectivity index (χ1) is 13.8. The van der Waals surface area contributed by atoms with E-state index in [0.29, 0.717) is 17.1 Å². The zero-order valence-electron chi connectivity index (χ0n) is 14.7. The van der Waals surface area contributed by atoms with Crippen LogP contribution >= 0.6 is 11.6 Å². The molecule has 1 aliphatic rings. The Kier molecular flexibility index (Phi) is 4.75. The minimum absolute atomic E-state index is 0.0626. The molecule has 2 amide bonds. The number of carbonyl (C=O) groups is 1. The standard InChI is InChI=1S/C19H13ClF3N5O/c20-15-8-13(19(21,22)23)6-7-16(15)27-10-12-9-24-11-25-17(12)28(18(27)29)26-14-4-2-1-3-5-14/h1-9,11,26H,10H2. The lowest BCUT2D eigenvalue weighted by Crippen LogP contribution is -2.50. The van der Waals surface area contributed by atoms with Gasteiger partial charge in [0.2, 0.25) is 0 Å². The van der Waals surface area contributed by atoms with Crippen molar-refractivity contribution in [1.29, 1.82) is 0 Å². The van der Waals surface area contributed by atoms with Crippen molar-refractivity contribution in [3.63, 3.8) is 0 Å². The third-order valence-corrected chi connectivity index (χ3v) is 4.61. The van der Waals surface area contributed by atoms with Gasteiger partial charge in [0.15, 0.2) is 5.82 Å². The van der Waals surface area contributed by atoms with Gasteiger partial charge in [-0.2, -0.15) is 18.2 Å². The predicted octanol–water partition coefficient (Wildman–Crippen LogP) is 5.12. The number of halogens is 4. The lowest BCUT2D eigenvalue weighted by Gasteiger charge is -2.36. The van der Waals surface area contributed by atoms with Crippen LogP contribution in [0.25, 0.3) is 0 Å². The maximum Gasteiger partial charge on any atom is 0.416 e. The Balaban J connectivity index is 1.74. The molecule has 0 saturated heterocycles. The van der Waals surface area contributed by atoms with Crippen LogP contribution in [0, 0.1) is 0 Å². The van der Waals surface area contributed by atoms with E-state index < -0.39 is 17.8 Å². The first kappa shape index (κ1) is 19.0. The van der Waals surface area contributed by atoms with Crippen molar-refractivity contribution in [2.45, 2.75) is 12.7 Å². The molecule has 148 valence electrons. The van der Waals surface area contributed by atoms with Crippen molar-refractivity contribution in [3.05, 3.63) is 77.2 Å². The number of anilines is 3. The number of rotatable bonds is 3. The van der Waals surface area contributed by atoms with Crippen molar-refractivity contribution in [3.8, 4) is 0 Å². The van der Waals surface area contributed by atoms with Crippen LogP contribution < -0.4 is 15.3 Å². The SMILES string of the molecule is O=C1N(c2ccc(C(F)(F)F)cc2Cl)Cc2cncnc2N1Nc1ccccc1. The number of fused-ring (bicyclic) bond motifs is 1. The predicted molar refractivity (Wildman–Crippen MR) is 103 cm³/mol. The van der Waals surface area contributed by atoms with Gasteiger partial charge in [-0.05, 0) is 30.3 Å². The smallest absolute Gasteiger partial charge is 0.288 e. The van der Waals surface area contributed by atoms with Gasteiger partial charge in [-0.3, -0.25) is 10.3 Å². The van der Waals surface area contributed by atoms with Crippen LogP contribution in [0.2, 0.25) is 5.02 Å². The van der Waals surface area contributed by atoms with E-state index in [4.69, 9.17) is 11.6 Å². The van der Waals surface area contributed by atoms with Crippen LogP contribution in [0.1, 0.15) is 11.1 Å². The molecule has 29 heavy (non-hydrogen) atoms. The highest BCUT2D eigenvalue weighted by molar-refractivity contribution is 6.34. The van der Waals surface area contributed by atoms with Gasteiger partial charge in [-0.1, -0.05) is 29.8 Å². The number of alkyl halides is 3. The first-order valence-corrected chi connectivity index (χ1v) is 8.81. The van der Waals surface area contributed by atoms with E-state index in [0.717, 1.165) is 12.1 Å². The van der Waals surface area contributed by atoms with Crippen molar-refractivity contribution >= 4 is 34.8 Å². The van der Waals surface area contributed by atoms with Gasteiger partial charge < -0.3 is 0 Å². The highest BCUT2D eigenvalue weighted by Gasteiger charge is 2.36. The zero-order valence-corrected chi connectivity index (χ0v) is 15.4. The number of hydrogen-bond donors (Lipinski definition) is 1. The molecule has 3 aromatic rings. The maximum atomic E-state index is 13.2. The van der Waals surface area contributed by atoms with Gasteiger partial charge in [0.1, 0.15) is 6.33 Å². The minimum atomic E-state index is -4.53. The summed E-state index contributed by atoms with van der Waals surface area (Å²) in [6.45, 7) is 0.0626. The van der Waals surface area contributed by atoms with Crippen molar-refractivity contribution in [1.82, 2.24) is 9.97 Å². The third-order valence-electron chi connectivity index (χ3n) is 4.31. The van der Waals surface area contributed by atoms with Crippen LogP contribution in [0.4, 0.5) is 35.2 Å². The van der Waals surface area contributed by atoms with E-state index in [-0.39, 0.29) is 17.3 Å². The number of hydrogen-bond acceptors (Lipinski definition) is 4. The van der Waals surface area contributed by atoms with Gasteiger partial charge in [-0.25, -0.2) is 14.8 Å². The monoisotopic (exact) mass is 419 g/mol. The van der Waals surface area contributed by atoms with Crippen molar-refractivity contribution < 1.29 is 18.0 Å². The average Bonchev–Trinajstić information content (AvgIpc) is 2.70. The summed E-state index contributed by atoms with van der Waals surface area (Å²) in [5.41, 5.74) is 3.47. The summed E-state index contributed by atoms with van der Waals surface area (Å²) in [7, 11) is 0. The van der Waals surface area contributed by atoms with Gasteiger partial charge in [0.05, 0.1) is 28.5 Å². The molecule has 0 atom stereocenters. The summed E-state index contributed by atoms with van der Waals surface area (Å²) in [5, 5.41) is 1.03. The molecule has 0 saturated carbocycles. The number of nitrogens with zero attached hydrogens (tertiary/aromatic N) is 4. The first-order valence-electron chi connectivity index (χ1n) is 8.43. The van der Waals surface area contributed by atoms with E-state index in [9.17, 15) is 18.0 Å². The average molecular weight is 420 g/mol. The molecular formula is C19H13ClF3N5O. The lowest BCUT2D eigenvalue weighted by molar-refractivity contribution is -0.137. The zero-order chi connectivity index (χ0) is 20.6. The van der Waals surface area contributed by atoms with E-state index in [1.165, 1.54) is 22.3 Å². The van der Waals surface area contributed by atoms with Gasteiger partial charge in [0.25, 0.3) is 0 Å². The molecular weight excluding hydrogens is 407 g/mol. The fourth-order valence-electron chi connectivity index (χ4n) is 2.95. The molecule has 2 aromatic carbocycles. The lowest BCUT2D eigenvalue weighted by atomic mass is 10.1. The summed E-state index contributed by atoms with van der Waals surface area (Å²) < 4.78 is 38.8. The molecule has 0 aliphatic carbocycles. The minimum Gasteiger partial charge on any atom is -0.288 e. The van der Waals surface area contributed by atoms with Crippen molar-refractivity contribution in [2.75, 3.05) is 15.3 Å². The second kappa shape index (κ2) is 7.25. The Bertz CT molecular complexity index is 1060. The van der Waals surface area contributed by atoms with E-state index in [1.54, 1.807) is 30.5 Å². The van der Waals surface area contributed by atoms with Crippen LogP contribution in [-0.2, 0) is 12.7 Å². The topological polar surface area (TPSA) is 61.4 Å². The molecule has 0 bridgehead atoms. The van der Waals surface area contributed by atoms with Gasteiger partial charge >= 0.3 is 12.2 Å². The van der Waals surface area contributed by atoms with E-state index >= 15 is 0 Å². The quantitative estimate of drug-likeness (QED) is 0.640. The fraction of sp³-hybridized carbons (Fsp3) is 0.105. The number of carbonyl (C=O) groups excluding carboxylic acids is 1. The van der Waals surface area contributed by atoms with Crippen LogP contribution in [-0.4, -0.2) is 16.0 Å². The Hall–Kier alpha value is -3.33. The summed E-state index contributed by atoms with van der Waals surface area (Å²) >= 11 is 6.11. The molecule has 1 aromatic heterocycles. The molecule has 6 nitrogen and oxygen atoms in total. The van der Waals surface area contributed by atoms with Crippen LogP contribution in [0.5, 0.6) is 0 Å². The maximum absolute atomic E-state index is 13.2. The number of para-hydroxylation sites is 1. The Morgan fingerprint density at radius 3 is 2.55 bits per heavy atom. The van der Waals surface area contributed by atoms with E-state index in [2.05, 4.69) is 15.4 Å².